The first-order valence-corrected chi connectivity index (χ1v) is 13.2. The number of Topliss-reactive ketones (excluding diaryl/α,β-unsaturated/α-hetero) is 1. The topological polar surface area (TPSA) is 66.6 Å². The lowest BCUT2D eigenvalue weighted by atomic mass is 9.87. The second-order valence-corrected chi connectivity index (χ2v) is 10.3. The van der Waals surface area contributed by atoms with Crippen LogP contribution in [0.2, 0.25) is 0 Å². The number of carbonyl (C=O) groups is 2. The molecule has 2 N–H and O–H groups in total. The fourth-order valence-corrected chi connectivity index (χ4v) is 5.59. The van der Waals surface area contributed by atoms with E-state index < -0.39 is 0 Å². The number of likely N-dealkylation sites (tertiary alicyclic amines) is 1. The molecular weight excluding hydrogens is 458 g/mol. The van der Waals surface area contributed by atoms with Gasteiger partial charge in [0.15, 0.2) is 5.78 Å². The van der Waals surface area contributed by atoms with E-state index in [1.54, 1.807) is 0 Å². The molecule has 5 heteroatoms. The number of rotatable bonds is 7. The van der Waals surface area contributed by atoms with E-state index in [4.69, 9.17) is 5.73 Å². The number of amides is 1. The first-order valence-electron chi connectivity index (χ1n) is 13.2. The van der Waals surface area contributed by atoms with Gasteiger partial charge in [-0.05, 0) is 53.2 Å². The molecule has 1 unspecified atom stereocenters. The number of hydrogen-bond acceptors (Lipinski definition) is 4. The van der Waals surface area contributed by atoms with E-state index in [2.05, 4.69) is 23.6 Å². The molecule has 5 rings (SSSR count). The van der Waals surface area contributed by atoms with Crippen LogP contribution in [0.5, 0.6) is 0 Å². The fourth-order valence-electron chi connectivity index (χ4n) is 5.59. The molecule has 37 heavy (non-hydrogen) atoms. The SMILES string of the molecule is C=C1CN(Cc2ccc(C(=O)Cc3ccccc3N)cc2)C(CC(=O)N2CCCCC2)c2ccccc21. The Bertz CT molecular complexity index is 1290. The van der Waals surface area contributed by atoms with Crippen molar-refractivity contribution in [2.75, 3.05) is 25.4 Å². The largest absolute Gasteiger partial charge is 0.398 e. The van der Waals surface area contributed by atoms with Gasteiger partial charge >= 0.3 is 0 Å². The Morgan fingerprint density at radius 2 is 1.59 bits per heavy atom. The molecule has 3 aromatic carbocycles. The number of nitrogens with two attached hydrogens (primary N) is 1. The van der Waals surface area contributed by atoms with Crippen LogP contribution in [0.1, 0.15) is 64.3 Å². The maximum absolute atomic E-state index is 13.3. The number of para-hydroxylation sites is 1. The van der Waals surface area contributed by atoms with Gasteiger partial charge in [-0.15, -0.1) is 0 Å². The van der Waals surface area contributed by atoms with E-state index in [1.165, 1.54) is 12.0 Å². The predicted molar refractivity (Wildman–Crippen MR) is 149 cm³/mol. The van der Waals surface area contributed by atoms with Crippen LogP contribution in [0.4, 0.5) is 5.69 Å². The molecule has 0 aliphatic carbocycles. The number of nitrogen functional groups attached to an aromatic ring is 1. The highest BCUT2D eigenvalue weighted by Gasteiger charge is 2.32. The number of ketones is 1. The van der Waals surface area contributed by atoms with Crippen molar-refractivity contribution in [3.63, 3.8) is 0 Å². The normalized spacial score (nSPS) is 17.9. The zero-order chi connectivity index (χ0) is 25.8. The molecule has 1 saturated heterocycles. The third kappa shape index (κ3) is 5.67. The summed E-state index contributed by atoms with van der Waals surface area (Å²) in [5, 5.41) is 0. The molecule has 3 aromatic rings. The number of anilines is 1. The molecule has 2 aliphatic rings. The standard InChI is InChI=1S/C32H35N3O2/c1-23-21-35(22-24-13-15-25(16-14-24)31(36)19-26-9-3-6-12-29(26)33)30(28-11-5-4-10-27(23)28)20-32(37)34-17-7-2-8-18-34/h3-6,9-16,30H,1-2,7-8,17-22,33H2. The van der Waals surface area contributed by atoms with Crippen molar-refractivity contribution in [1.29, 1.82) is 0 Å². The summed E-state index contributed by atoms with van der Waals surface area (Å²) in [6, 6.07) is 23.7. The number of hydrogen-bond donors (Lipinski definition) is 1. The van der Waals surface area contributed by atoms with Crippen molar-refractivity contribution in [3.8, 4) is 0 Å². The Kier molecular flexibility index (Phi) is 7.52. The van der Waals surface area contributed by atoms with Gasteiger partial charge in [-0.2, -0.15) is 0 Å². The minimum Gasteiger partial charge on any atom is -0.398 e. The molecule has 0 spiro atoms. The van der Waals surface area contributed by atoms with E-state index in [-0.39, 0.29) is 24.2 Å². The third-order valence-corrected chi connectivity index (χ3v) is 7.68. The van der Waals surface area contributed by atoms with Crippen molar-refractivity contribution in [2.45, 2.75) is 44.7 Å². The molecule has 0 radical (unpaired) electrons. The smallest absolute Gasteiger partial charge is 0.224 e. The lowest BCUT2D eigenvalue weighted by Crippen LogP contribution is -2.41. The van der Waals surface area contributed by atoms with E-state index >= 15 is 0 Å². The molecule has 1 fully saturated rings. The van der Waals surface area contributed by atoms with Gasteiger partial charge in [0.05, 0.1) is 0 Å². The highest BCUT2D eigenvalue weighted by atomic mass is 16.2. The van der Waals surface area contributed by atoms with Crippen LogP contribution < -0.4 is 5.73 Å². The average Bonchev–Trinajstić information content (AvgIpc) is 2.93. The molecule has 0 aromatic heterocycles. The average molecular weight is 494 g/mol. The van der Waals surface area contributed by atoms with Gasteiger partial charge in [-0.25, -0.2) is 0 Å². The van der Waals surface area contributed by atoms with Crippen LogP contribution in [0.3, 0.4) is 0 Å². The van der Waals surface area contributed by atoms with Gasteiger partial charge in [0.2, 0.25) is 5.91 Å². The van der Waals surface area contributed by atoms with Crippen LogP contribution in [0.25, 0.3) is 5.57 Å². The van der Waals surface area contributed by atoms with Crippen molar-refractivity contribution < 1.29 is 9.59 Å². The molecule has 1 atom stereocenters. The number of benzene rings is 3. The van der Waals surface area contributed by atoms with Crippen LogP contribution >= 0.6 is 0 Å². The zero-order valence-electron chi connectivity index (χ0n) is 21.4. The first kappa shape index (κ1) is 25.0. The van der Waals surface area contributed by atoms with Gasteiger partial charge in [0.25, 0.3) is 0 Å². The predicted octanol–water partition coefficient (Wildman–Crippen LogP) is 5.67. The number of carbonyl (C=O) groups excluding carboxylic acids is 2. The number of fused-ring (bicyclic) bond motifs is 1. The maximum Gasteiger partial charge on any atom is 0.224 e. The summed E-state index contributed by atoms with van der Waals surface area (Å²) in [5.41, 5.74) is 12.7. The lowest BCUT2D eigenvalue weighted by Gasteiger charge is -2.39. The highest BCUT2D eigenvalue weighted by molar-refractivity contribution is 5.98. The van der Waals surface area contributed by atoms with Crippen molar-refractivity contribution in [3.05, 3.63) is 107 Å². The molecule has 1 amide bonds. The molecular formula is C32H35N3O2. The minimum absolute atomic E-state index is 0.00140. The van der Waals surface area contributed by atoms with Crippen LogP contribution in [0.15, 0.2) is 79.4 Å². The Labute approximate surface area is 219 Å². The highest BCUT2D eigenvalue weighted by Crippen LogP contribution is 2.38. The first-order chi connectivity index (χ1) is 18.0. The number of nitrogens with zero attached hydrogens (tertiary/aromatic N) is 2. The van der Waals surface area contributed by atoms with Crippen LogP contribution in [-0.4, -0.2) is 41.1 Å². The third-order valence-electron chi connectivity index (χ3n) is 7.68. The second-order valence-electron chi connectivity index (χ2n) is 10.3. The van der Waals surface area contributed by atoms with Gasteiger partial charge < -0.3 is 10.6 Å². The van der Waals surface area contributed by atoms with Crippen molar-refractivity contribution in [1.82, 2.24) is 9.80 Å². The van der Waals surface area contributed by atoms with Crippen molar-refractivity contribution >= 4 is 23.0 Å². The number of piperidine rings is 1. The summed E-state index contributed by atoms with van der Waals surface area (Å²) in [7, 11) is 0. The van der Waals surface area contributed by atoms with Crippen LogP contribution in [-0.2, 0) is 17.8 Å². The molecule has 5 nitrogen and oxygen atoms in total. The summed E-state index contributed by atoms with van der Waals surface area (Å²) < 4.78 is 0. The minimum atomic E-state index is -0.00140. The summed E-state index contributed by atoms with van der Waals surface area (Å²) in [5.74, 6) is 0.285. The molecule has 0 bridgehead atoms. The molecule has 0 saturated carbocycles. The van der Waals surface area contributed by atoms with Gasteiger partial charge in [0.1, 0.15) is 0 Å². The quantitative estimate of drug-likeness (QED) is 0.340. The van der Waals surface area contributed by atoms with E-state index in [0.29, 0.717) is 30.8 Å². The summed E-state index contributed by atoms with van der Waals surface area (Å²) in [6.07, 6.45) is 4.15. The monoisotopic (exact) mass is 493 g/mol. The Balaban J connectivity index is 1.32. The summed E-state index contributed by atoms with van der Waals surface area (Å²) in [6.45, 7) is 7.47. The molecule has 2 heterocycles. The van der Waals surface area contributed by atoms with Gasteiger partial charge in [0, 0.05) is 56.3 Å². The van der Waals surface area contributed by atoms with E-state index in [1.807, 2.05) is 65.6 Å². The molecule has 190 valence electrons. The Morgan fingerprint density at radius 3 is 2.35 bits per heavy atom. The summed E-state index contributed by atoms with van der Waals surface area (Å²) >= 11 is 0. The van der Waals surface area contributed by atoms with Gasteiger partial charge in [-0.1, -0.05) is 73.3 Å². The van der Waals surface area contributed by atoms with E-state index in [9.17, 15) is 9.59 Å². The van der Waals surface area contributed by atoms with Crippen LogP contribution in [0, 0.1) is 0 Å². The van der Waals surface area contributed by atoms with Gasteiger partial charge in [-0.3, -0.25) is 14.5 Å². The van der Waals surface area contributed by atoms with Crippen molar-refractivity contribution in [2.24, 2.45) is 0 Å². The zero-order valence-corrected chi connectivity index (χ0v) is 21.4. The lowest BCUT2D eigenvalue weighted by molar-refractivity contribution is -0.133. The molecule has 2 aliphatic heterocycles. The maximum atomic E-state index is 13.3. The fraction of sp³-hybridized carbons (Fsp3) is 0.312. The second kappa shape index (κ2) is 11.1. The summed E-state index contributed by atoms with van der Waals surface area (Å²) in [4.78, 5) is 30.5. The van der Waals surface area contributed by atoms with E-state index in [0.717, 1.165) is 48.2 Å². The Morgan fingerprint density at radius 1 is 0.892 bits per heavy atom. The Hall–Kier alpha value is -3.70.